The van der Waals surface area contributed by atoms with E-state index in [1.165, 1.54) is 77.0 Å². The number of nitrogens with zero attached hydrogens (tertiary/aromatic N) is 1. The summed E-state index contributed by atoms with van der Waals surface area (Å²) in [6, 6.07) is 10.5. The van der Waals surface area contributed by atoms with Gasteiger partial charge in [0.2, 0.25) is 17.7 Å². The molecule has 12 nitrogen and oxygen atoms in total. The third-order valence-corrected chi connectivity index (χ3v) is 10.1. The SMILES string of the molecule is CCCCCCCCCCCCCCCCCC(=O)N[C@@H](CCCN=C(N)N)C(=O)N[C@@H](CC(=O)N[C@@H](CCCCN)C(=O)O)c1cccc2ccccc12. The largest absolute Gasteiger partial charge is 0.480 e. The highest BCUT2D eigenvalue weighted by molar-refractivity contribution is 5.91. The topological polar surface area (TPSA) is 215 Å². The summed E-state index contributed by atoms with van der Waals surface area (Å²) in [7, 11) is 0. The van der Waals surface area contributed by atoms with Crippen molar-refractivity contribution in [2.45, 2.75) is 166 Å². The summed E-state index contributed by atoms with van der Waals surface area (Å²) in [4.78, 5) is 56.5. The number of unbranched alkanes of at least 4 members (excludes halogenated alkanes) is 15. The number of guanidine groups is 1. The van der Waals surface area contributed by atoms with E-state index in [-0.39, 0.29) is 37.7 Å². The average molecular weight is 766 g/mol. The van der Waals surface area contributed by atoms with E-state index in [2.05, 4.69) is 27.9 Å². The fourth-order valence-electron chi connectivity index (χ4n) is 6.95. The number of hydrogen-bond donors (Lipinski definition) is 7. The van der Waals surface area contributed by atoms with Crippen LogP contribution in [0.4, 0.5) is 0 Å². The fourth-order valence-corrected chi connectivity index (χ4v) is 6.95. The first-order valence-corrected chi connectivity index (χ1v) is 21.0. The number of nitrogens with two attached hydrogens (primary N) is 3. The molecule has 10 N–H and O–H groups in total. The van der Waals surface area contributed by atoms with Crippen LogP contribution in [-0.2, 0) is 19.2 Å². The first kappa shape index (κ1) is 47.0. The number of fused-ring (bicyclic) bond motifs is 1. The van der Waals surface area contributed by atoms with E-state index in [1.807, 2.05) is 42.5 Å². The summed E-state index contributed by atoms with van der Waals surface area (Å²) in [6.45, 7) is 2.97. The molecule has 0 radical (unpaired) electrons. The highest BCUT2D eigenvalue weighted by Crippen LogP contribution is 2.27. The predicted octanol–water partition coefficient (Wildman–Crippen LogP) is 6.89. The molecule has 0 heterocycles. The Morgan fingerprint density at radius 2 is 1.22 bits per heavy atom. The van der Waals surface area contributed by atoms with Crippen LogP contribution >= 0.6 is 0 Å². The molecule has 308 valence electrons. The van der Waals surface area contributed by atoms with Crippen molar-refractivity contribution in [1.29, 1.82) is 0 Å². The number of aliphatic carboxylic acids is 1. The quantitative estimate of drug-likeness (QED) is 0.0236. The van der Waals surface area contributed by atoms with Crippen LogP contribution in [0.2, 0.25) is 0 Å². The maximum atomic E-state index is 14.0. The monoisotopic (exact) mass is 766 g/mol. The molecule has 3 amide bonds. The van der Waals surface area contributed by atoms with Gasteiger partial charge in [0, 0.05) is 13.0 Å². The van der Waals surface area contributed by atoms with Crippen molar-refractivity contribution in [3.05, 3.63) is 48.0 Å². The molecule has 0 aromatic heterocycles. The standard InChI is InChI=1S/C43H71N7O5/c1-2-3-4-5-6-7-8-9-10-11-12-13-14-15-16-29-39(51)48-36(28-22-31-47-43(45)46)41(53)50-38(35-26-21-24-33-23-17-18-25-34(33)35)32-40(52)49-37(42(54)55)27-19-20-30-44/h17-18,21,23-26,36-38H,2-16,19-20,22,27-32,44H2,1H3,(H,48,51)(H,49,52)(H,50,53)(H,54,55)(H4,45,46,47)/t36-,37-,38-/m0/s1. The molecule has 0 aliphatic rings. The summed E-state index contributed by atoms with van der Waals surface area (Å²) in [5, 5.41) is 20.1. The second-order valence-corrected chi connectivity index (χ2v) is 14.8. The first-order valence-electron chi connectivity index (χ1n) is 21.0. The number of carbonyl (C=O) groups is 4. The molecule has 0 unspecified atom stereocenters. The molecule has 55 heavy (non-hydrogen) atoms. The van der Waals surface area contributed by atoms with Crippen LogP contribution in [0.25, 0.3) is 10.8 Å². The third kappa shape index (κ3) is 20.9. The van der Waals surface area contributed by atoms with Gasteiger partial charge in [0.15, 0.2) is 5.96 Å². The molecular weight excluding hydrogens is 695 g/mol. The summed E-state index contributed by atoms with van der Waals surface area (Å²) in [6.07, 6.45) is 20.8. The zero-order chi connectivity index (χ0) is 40.1. The molecule has 12 heteroatoms. The minimum Gasteiger partial charge on any atom is -0.480 e. The molecule has 0 saturated heterocycles. The molecule has 0 fully saturated rings. The van der Waals surface area contributed by atoms with E-state index in [1.54, 1.807) is 0 Å². The van der Waals surface area contributed by atoms with Gasteiger partial charge in [-0.25, -0.2) is 4.79 Å². The zero-order valence-electron chi connectivity index (χ0n) is 33.5. The van der Waals surface area contributed by atoms with Gasteiger partial charge in [0.05, 0.1) is 12.5 Å². The van der Waals surface area contributed by atoms with E-state index in [0.717, 1.165) is 30.0 Å². The van der Waals surface area contributed by atoms with Crippen LogP contribution in [0.5, 0.6) is 0 Å². The van der Waals surface area contributed by atoms with Gasteiger partial charge in [0.1, 0.15) is 12.1 Å². The fraction of sp³-hybridized carbons (Fsp3) is 0.651. The number of rotatable bonds is 32. The molecule has 2 aromatic carbocycles. The van der Waals surface area contributed by atoms with Gasteiger partial charge in [-0.3, -0.25) is 19.4 Å². The number of aliphatic imine (C=N–C) groups is 1. The number of carboxylic acid groups (broad SMARTS) is 1. The summed E-state index contributed by atoms with van der Waals surface area (Å²) in [5.74, 6) is -2.35. The Hall–Kier alpha value is -4.19. The Kier molecular flexibility index (Phi) is 24.9. The molecule has 2 aromatic rings. The molecular formula is C43H71N7O5. The van der Waals surface area contributed by atoms with Gasteiger partial charge in [-0.05, 0) is 61.4 Å². The Labute approximate surface area is 329 Å². The van der Waals surface area contributed by atoms with Crippen molar-refractivity contribution in [2.75, 3.05) is 13.1 Å². The minimum absolute atomic E-state index is 0.0528. The van der Waals surface area contributed by atoms with Crippen LogP contribution in [0.3, 0.4) is 0 Å². The van der Waals surface area contributed by atoms with Crippen LogP contribution in [0, 0.1) is 0 Å². The van der Waals surface area contributed by atoms with Gasteiger partial charge in [-0.1, -0.05) is 139 Å². The Morgan fingerprint density at radius 3 is 1.82 bits per heavy atom. The lowest BCUT2D eigenvalue weighted by molar-refractivity contribution is -0.142. The van der Waals surface area contributed by atoms with Crippen molar-refractivity contribution >= 4 is 40.4 Å². The van der Waals surface area contributed by atoms with Crippen LogP contribution in [0.1, 0.15) is 160 Å². The number of hydrogen-bond acceptors (Lipinski definition) is 6. The van der Waals surface area contributed by atoms with E-state index >= 15 is 0 Å². The zero-order valence-corrected chi connectivity index (χ0v) is 33.5. The van der Waals surface area contributed by atoms with E-state index in [9.17, 15) is 24.3 Å². The average Bonchev–Trinajstić information content (AvgIpc) is 3.16. The lowest BCUT2D eigenvalue weighted by atomic mass is 9.95. The molecule has 0 bridgehead atoms. The maximum Gasteiger partial charge on any atom is 0.326 e. The van der Waals surface area contributed by atoms with Crippen molar-refractivity contribution < 1.29 is 24.3 Å². The van der Waals surface area contributed by atoms with Crippen molar-refractivity contribution in [3.63, 3.8) is 0 Å². The molecule has 2 rings (SSSR count). The highest BCUT2D eigenvalue weighted by atomic mass is 16.4. The van der Waals surface area contributed by atoms with E-state index in [0.29, 0.717) is 37.8 Å². The first-order chi connectivity index (χ1) is 26.7. The second-order valence-electron chi connectivity index (χ2n) is 14.8. The van der Waals surface area contributed by atoms with E-state index < -0.39 is 35.9 Å². The summed E-state index contributed by atoms with van der Waals surface area (Å²) < 4.78 is 0. The second kappa shape index (κ2) is 29.1. The Bertz CT molecular complexity index is 1430. The van der Waals surface area contributed by atoms with Crippen molar-refractivity contribution in [3.8, 4) is 0 Å². The van der Waals surface area contributed by atoms with Gasteiger partial charge in [0.25, 0.3) is 0 Å². The van der Waals surface area contributed by atoms with Crippen molar-refractivity contribution in [1.82, 2.24) is 16.0 Å². The van der Waals surface area contributed by atoms with Crippen molar-refractivity contribution in [2.24, 2.45) is 22.2 Å². The Balaban J connectivity index is 2.00. The van der Waals surface area contributed by atoms with Gasteiger partial charge in [-0.2, -0.15) is 0 Å². The van der Waals surface area contributed by atoms with Crippen LogP contribution in [0.15, 0.2) is 47.5 Å². The van der Waals surface area contributed by atoms with Gasteiger partial charge in [-0.15, -0.1) is 0 Å². The summed E-state index contributed by atoms with van der Waals surface area (Å²) >= 11 is 0. The predicted molar refractivity (Wildman–Crippen MR) is 223 cm³/mol. The molecule has 3 atom stereocenters. The molecule has 0 saturated carbocycles. The third-order valence-electron chi connectivity index (χ3n) is 10.1. The van der Waals surface area contributed by atoms with Crippen LogP contribution in [-0.4, -0.2) is 59.9 Å². The number of amides is 3. The highest BCUT2D eigenvalue weighted by Gasteiger charge is 2.28. The van der Waals surface area contributed by atoms with E-state index in [4.69, 9.17) is 17.2 Å². The number of benzene rings is 2. The number of carboxylic acids is 1. The number of nitrogens with one attached hydrogen (secondary N) is 3. The maximum absolute atomic E-state index is 14.0. The Morgan fingerprint density at radius 1 is 0.655 bits per heavy atom. The normalized spacial score (nSPS) is 12.8. The minimum atomic E-state index is -1.13. The lowest BCUT2D eigenvalue weighted by Gasteiger charge is -2.25. The lowest BCUT2D eigenvalue weighted by Crippen LogP contribution is -2.49. The van der Waals surface area contributed by atoms with Gasteiger partial charge >= 0.3 is 5.97 Å². The molecule has 0 aliphatic heterocycles. The van der Waals surface area contributed by atoms with Gasteiger partial charge < -0.3 is 38.3 Å². The summed E-state index contributed by atoms with van der Waals surface area (Å²) in [5.41, 5.74) is 17.3. The smallest absolute Gasteiger partial charge is 0.326 e. The number of carbonyl (C=O) groups excluding carboxylic acids is 3. The molecule has 0 spiro atoms. The molecule has 0 aliphatic carbocycles. The van der Waals surface area contributed by atoms with Crippen LogP contribution < -0.4 is 33.2 Å².